The Morgan fingerprint density at radius 3 is 2.61 bits per heavy atom. The number of piperidine rings is 1. The molecule has 0 saturated carbocycles. The number of hydrogen-bond donors (Lipinski definition) is 2. The van der Waals surface area contributed by atoms with Gasteiger partial charge in [0.2, 0.25) is 0 Å². The molecule has 0 radical (unpaired) electrons. The van der Waals surface area contributed by atoms with Crippen LogP contribution < -0.4 is 20.7 Å². The average Bonchev–Trinajstić information content (AvgIpc) is 2.55. The number of anilines is 2. The van der Waals surface area contributed by atoms with E-state index >= 15 is 0 Å². The number of ether oxygens (including phenoxy) is 1. The summed E-state index contributed by atoms with van der Waals surface area (Å²) in [6, 6.07) is 4.77. The number of nitrogens with one attached hydrogen (secondary N) is 1. The largest absolute Gasteiger partial charge is 0.495 e. The number of rotatable bonds is 3. The van der Waals surface area contributed by atoms with E-state index in [1.54, 1.807) is 7.11 Å². The Labute approximate surface area is 139 Å². The van der Waals surface area contributed by atoms with E-state index in [0.717, 1.165) is 37.0 Å². The molecule has 5 heteroatoms. The van der Waals surface area contributed by atoms with E-state index in [-0.39, 0.29) is 0 Å². The Bertz CT molecular complexity index is 540. The molecule has 3 N–H and O–H groups in total. The number of nitrogens with zero attached hydrogens (tertiary/aromatic N) is 2. The van der Waals surface area contributed by atoms with Gasteiger partial charge < -0.3 is 25.6 Å². The highest BCUT2D eigenvalue weighted by molar-refractivity contribution is 5.66. The highest BCUT2D eigenvalue weighted by atomic mass is 16.5. The molecule has 2 fully saturated rings. The third kappa shape index (κ3) is 3.56. The molecule has 23 heavy (non-hydrogen) atoms. The first-order chi connectivity index (χ1) is 11.1. The molecule has 3 rings (SSSR count). The van der Waals surface area contributed by atoms with Crippen molar-refractivity contribution in [3.05, 3.63) is 17.7 Å². The van der Waals surface area contributed by atoms with E-state index in [2.05, 4.69) is 35.2 Å². The van der Waals surface area contributed by atoms with Crippen molar-refractivity contribution < 1.29 is 4.74 Å². The van der Waals surface area contributed by atoms with Crippen molar-refractivity contribution in [2.75, 3.05) is 57.5 Å². The average molecular weight is 318 g/mol. The maximum absolute atomic E-state index is 6.01. The van der Waals surface area contributed by atoms with Crippen LogP contribution in [-0.4, -0.2) is 57.8 Å². The van der Waals surface area contributed by atoms with Gasteiger partial charge in [-0.3, -0.25) is 0 Å². The van der Waals surface area contributed by atoms with Crippen molar-refractivity contribution in [1.82, 2.24) is 10.2 Å². The second-order valence-corrected chi connectivity index (χ2v) is 7.03. The summed E-state index contributed by atoms with van der Waals surface area (Å²) >= 11 is 0. The van der Waals surface area contributed by atoms with Gasteiger partial charge in [-0.2, -0.15) is 0 Å². The number of methoxy groups -OCH3 is 1. The summed E-state index contributed by atoms with van der Waals surface area (Å²) in [5.41, 5.74) is 9.23. The molecular formula is C18H30N4O. The van der Waals surface area contributed by atoms with Crippen LogP contribution in [0, 0.1) is 12.8 Å². The molecule has 2 aliphatic heterocycles. The molecule has 128 valence electrons. The predicted octanol–water partition coefficient (Wildman–Crippen LogP) is 1.71. The zero-order chi connectivity index (χ0) is 16.4. The molecule has 1 aromatic rings. The normalized spacial score (nSPS) is 24.0. The molecule has 2 saturated heterocycles. The quantitative estimate of drug-likeness (QED) is 0.831. The van der Waals surface area contributed by atoms with E-state index in [9.17, 15) is 0 Å². The Morgan fingerprint density at radius 1 is 1.22 bits per heavy atom. The molecule has 1 aromatic carbocycles. The molecular weight excluding hydrogens is 288 g/mol. The Balaban J connectivity index is 1.65. The Kier molecular flexibility index (Phi) is 4.97. The van der Waals surface area contributed by atoms with Gasteiger partial charge in [-0.1, -0.05) is 0 Å². The molecule has 0 aromatic heterocycles. The maximum atomic E-state index is 6.01. The third-order valence-electron chi connectivity index (χ3n) is 5.41. The fourth-order valence-electron chi connectivity index (χ4n) is 4.01. The summed E-state index contributed by atoms with van der Waals surface area (Å²) in [5, 5.41) is 3.71. The van der Waals surface area contributed by atoms with Gasteiger partial charge in [0.15, 0.2) is 0 Å². The molecule has 0 bridgehead atoms. The minimum absolute atomic E-state index is 0.651. The molecule has 2 aliphatic rings. The van der Waals surface area contributed by atoms with Crippen molar-refractivity contribution >= 4 is 11.4 Å². The lowest BCUT2D eigenvalue weighted by Gasteiger charge is -2.41. The fourth-order valence-corrected chi connectivity index (χ4v) is 4.01. The lowest BCUT2D eigenvalue weighted by Crippen LogP contribution is -2.54. The van der Waals surface area contributed by atoms with E-state index in [0.29, 0.717) is 6.04 Å². The number of benzene rings is 1. The van der Waals surface area contributed by atoms with Gasteiger partial charge in [0, 0.05) is 50.5 Å². The lowest BCUT2D eigenvalue weighted by molar-refractivity contribution is 0.177. The van der Waals surface area contributed by atoms with E-state index in [1.165, 1.54) is 37.2 Å². The van der Waals surface area contributed by atoms with Crippen molar-refractivity contribution in [3.8, 4) is 5.75 Å². The zero-order valence-corrected chi connectivity index (χ0v) is 14.6. The SMILES string of the molecule is COc1cc(N2CCC(C3CN(C)CCN3)CC2)c(C)cc1N. The molecule has 1 unspecified atom stereocenters. The smallest absolute Gasteiger partial charge is 0.143 e. The van der Waals surface area contributed by atoms with Gasteiger partial charge in [0.05, 0.1) is 12.8 Å². The number of nitrogens with two attached hydrogens (primary N) is 1. The van der Waals surface area contributed by atoms with Crippen LogP contribution in [0.3, 0.4) is 0 Å². The second kappa shape index (κ2) is 6.97. The first-order valence-corrected chi connectivity index (χ1v) is 8.69. The molecule has 0 spiro atoms. The highest BCUT2D eigenvalue weighted by Crippen LogP contribution is 2.34. The minimum atomic E-state index is 0.651. The summed E-state index contributed by atoms with van der Waals surface area (Å²) in [6.45, 7) is 7.82. The summed E-state index contributed by atoms with van der Waals surface area (Å²) in [5.74, 6) is 1.56. The fraction of sp³-hybridized carbons (Fsp3) is 0.667. The van der Waals surface area contributed by atoms with Crippen LogP contribution in [0.25, 0.3) is 0 Å². The van der Waals surface area contributed by atoms with Gasteiger partial charge in [0.25, 0.3) is 0 Å². The van der Waals surface area contributed by atoms with E-state index in [4.69, 9.17) is 10.5 Å². The number of hydrogen-bond acceptors (Lipinski definition) is 5. The van der Waals surface area contributed by atoms with Crippen molar-refractivity contribution in [1.29, 1.82) is 0 Å². The van der Waals surface area contributed by atoms with Crippen molar-refractivity contribution in [2.45, 2.75) is 25.8 Å². The maximum Gasteiger partial charge on any atom is 0.143 e. The molecule has 1 atom stereocenters. The Morgan fingerprint density at radius 2 is 1.96 bits per heavy atom. The number of piperazine rings is 1. The number of likely N-dealkylation sites (N-methyl/N-ethyl adjacent to an activating group) is 1. The summed E-state index contributed by atoms with van der Waals surface area (Å²) in [6.07, 6.45) is 2.50. The van der Waals surface area contributed by atoms with Crippen LogP contribution in [0.2, 0.25) is 0 Å². The van der Waals surface area contributed by atoms with Crippen LogP contribution in [-0.2, 0) is 0 Å². The number of aryl methyl sites for hydroxylation is 1. The van der Waals surface area contributed by atoms with Gasteiger partial charge in [0.1, 0.15) is 5.75 Å². The molecule has 0 aliphatic carbocycles. The highest BCUT2D eigenvalue weighted by Gasteiger charge is 2.29. The van der Waals surface area contributed by atoms with Gasteiger partial charge in [-0.05, 0) is 44.4 Å². The molecule has 0 amide bonds. The topological polar surface area (TPSA) is 53.8 Å². The van der Waals surface area contributed by atoms with E-state index in [1.807, 2.05) is 6.07 Å². The minimum Gasteiger partial charge on any atom is -0.495 e. The Hall–Kier alpha value is -1.46. The summed E-state index contributed by atoms with van der Waals surface area (Å²) < 4.78 is 5.39. The predicted molar refractivity (Wildman–Crippen MR) is 96.4 cm³/mol. The molecule has 5 nitrogen and oxygen atoms in total. The number of nitrogen functional groups attached to an aromatic ring is 1. The zero-order valence-electron chi connectivity index (χ0n) is 14.6. The second-order valence-electron chi connectivity index (χ2n) is 7.03. The monoisotopic (exact) mass is 318 g/mol. The first kappa shape index (κ1) is 16.4. The van der Waals surface area contributed by atoms with Crippen molar-refractivity contribution in [3.63, 3.8) is 0 Å². The van der Waals surface area contributed by atoms with Crippen LogP contribution in [0.1, 0.15) is 18.4 Å². The van der Waals surface area contributed by atoms with Crippen LogP contribution in [0.5, 0.6) is 5.75 Å². The van der Waals surface area contributed by atoms with Crippen molar-refractivity contribution in [2.24, 2.45) is 5.92 Å². The summed E-state index contributed by atoms with van der Waals surface area (Å²) in [4.78, 5) is 4.93. The van der Waals surface area contributed by atoms with Crippen LogP contribution in [0.4, 0.5) is 11.4 Å². The standard InChI is InChI=1S/C18H30N4O/c1-13-10-15(19)18(23-3)11-17(13)22-7-4-14(5-8-22)16-12-21(2)9-6-20-16/h10-11,14,16,20H,4-9,12,19H2,1-3H3. The van der Waals surface area contributed by atoms with Gasteiger partial charge >= 0.3 is 0 Å². The van der Waals surface area contributed by atoms with E-state index < -0.39 is 0 Å². The molecule has 2 heterocycles. The third-order valence-corrected chi connectivity index (χ3v) is 5.41. The summed E-state index contributed by atoms with van der Waals surface area (Å²) in [7, 11) is 3.91. The van der Waals surface area contributed by atoms with Crippen LogP contribution in [0.15, 0.2) is 12.1 Å². The van der Waals surface area contributed by atoms with Gasteiger partial charge in [-0.15, -0.1) is 0 Å². The first-order valence-electron chi connectivity index (χ1n) is 8.69. The van der Waals surface area contributed by atoms with Crippen LogP contribution >= 0.6 is 0 Å². The lowest BCUT2D eigenvalue weighted by atomic mass is 9.88. The van der Waals surface area contributed by atoms with Gasteiger partial charge in [-0.25, -0.2) is 0 Å².